The van der Waals surface area contributed by atoms with Crippen LogP contribution in [0.25, 0.3) is 0 Å². The van der Waals surface area contributed by atoms with Crippen molar-refractivity contribution in [1.82, 2.24) is 4.72 Å². The van der Waals surface area contributed by atoms with Crippen LogP contribution in [0, 0.1) is 0 Å². The van der Waals surface area contributed by atoms with E-state index >= 15 is 0 Å². The maximum Gasteiger partial charge on any atom is 0.211 e. The molecule has 0 aromatic carbocycles. The fraction of sp³-hybridized carbons (Fsp3) is 0.733. The third-order valence-corrected chi connectivity index (χ3v) is 6.78. The SMILES string of the molecule is CCCCS(=O)(=O)NCC1(c2cccs2)CCCCC1. The molecule has 1 aliphatic carbocycles. The monoisotopic (exact) mass is 315 g/mol. The minimum atomic E-state index is -3.12. The summed E-state index contributed by atoms with van der Waals surface area (Å²) < 4.78 is 26.9. The van der Waals surface area contributed by atoms with Gasteiger partial charge >= 0.3 is 0 Å². The van der Waals surface area contributed by atoms with E-state index in [0.717, 1.165) is 25.7 Å². The van der Waals surface area contributed by atoms with Crippen molar-refractivity contribution in [3.05, 3.63) is 22.4 Å². The first-order valence-corrected chi connectivity index (χ1v) is 10.1. The van der Waals surface area contributed by atoms with Crippen LogP contribution >= 0.6 is 11.3 Å². The summed E-state index contributed by atoms with van der Waals surface area (Å²) >= 11 is 1.76. The number of unbranched alkanes of at least 4 members (excludes halogenated alkanes) is 1. The number of rotatable bonds is 7. The molecule has 3 nitrogen and oxygen atoms in total. The smallest absolute Gasteiger partial charge is 0.211 e. The van der Waals surface area contributed by atoms with Gasteiger partial charge < -0.3 is 0 Å². The lowest BCUT2D eigenvalue weighted by Crippen LogP contribution is -2.42. The summed E-state index contributed by atoms with van der Waals surface area (Å²) in [5, 5.41) is 2.09. The summed E-state index contributed by atoms with van der Waals surface area (Å²) in [6, 6.07) is 4.23. The van der Waals surface area contributed by atoms with Gasteiger partial charge in [0, 0.05) is 16.8 Å². The lowest BCUT2D eigenvalue weighted by Gasteiger charge is -2.36. The molecule has 1 aromatic heterocycles. The van der Waals surface area contributed by atoms with Gasteiger partial charge in [-0.1, -0.05) is 38.7 Å². The summed E-state index contributed by atoms with van der Waals surface area (Å²) in [6.07, 6.45) is 7.53. The summed E-state index contributed by atoms with van der Waals surface area (Å²) in [6.45, 7) is 2.59. The molecule has 0 aliphatic heterocycles. The molecule has 1 fully saturated rings. The van der Waals surface area contributed by atoms with Gasteiger partial charge in [-0.15, -0.1) is 11.3 Å². The van der Waals surface area contributed by atoms with Gasteiger partial charge in [0.1, 0.15) is 0 Å². The number of sulfonamides is 1. The van der Waals surface area contributed by atoms with Crippen LogP contribution in [0.1, 0.15) is 56.7 Å². The zero-order chi connectivity index (χ0) is 14.5. The largest absolute Gasteiger partial charge is 0.214 e. The number of hydrogen-bond acceptors (Lipinski definition) is 3. The zero-order valence-electron chi connectivity index (χ0n) is 12.2. The molecule has 0 bridgehead atoms. The summed E-state index contributed by atoms with van der Waals surface area (Å²) in [5.41, 5.74) is 0.0334. The molecule has 0 unspecified atom stereocenters. The minimum absolute atomic E-state index is 0.0334. The average Bonchev–Trinajstić information content (AvgIpc) is 2.99. The normalized spacial score (nSPS) is 19.1. The van der Waals surface area contributed by atoms with Gasteiger partial charge in [0.2, 0.25) is 10.0 Å². The molecule has 1 aromatic rings. The molecule has 114 valence electrons. The van der Waals surface area contributed by atoms with Crippen molar-refractivity contribution in [1.29, 1.82) is 0 Å². The number of thiophene rings is 1. The van der Waals surface area contributed by atoms with E-state index in [9.17, 15) is 8.42 Å². The highest BCUT2D eigenvalue weighted by molar-refractivity contribution is 7.89. The number of hydrogen-bond donors (Lipinski definition) is 1. The molecule has 0 saturated heterocycles. The molecule has 0 spiro atoms. The fourth-order valence-electron chi connectivity index (χ4n) is 2.97. The van der Waals surface area contributed by atoms with Crippen LogP contribution in [0.3, 0.4) is 0 Å². The Morgan fingerprint density at radius 1 is 1.30 bits per heavy atom. The van der Waals surface area contributed by atoms with Crippen LogP contribution in [-0.2, 0) is 15.4 Å². The Labute approximate surface area is 126 Å². The summed E-state index contributed by atoms with van der Waals surface area (Å²) in [5.74, 6) is 0.254. The van der Waals surface area contributed by atoms with Crippen molar-refractivity contribution < 1.29 is 8.42 Å². The van der Waals surface area contributed by atoms with Crippen LogP contribution in [-0.4, -0.2) is 20.7 Å². The highest BCUT2D eigenvalue weighted by Crippen LogP contribution is 2.41. The maximum absolute atomic E-state index is 12.0. The van der Waals surface area contributed by atoms with Gasteiger partial charge in [-0.3, -0.25) is 0 Å². The standard InChI is InChI=1S/C15H25NO2S2/c1-2-3-12-20(17,18)16-13-15(9-5-4-6-10-15)14-8-7-11-19-14/h7-8,11,16H,2-6,9-10,12-13H2,1H3. The summed E-state index contributed by atoms with van der Waals surface area (Å²) in [4.78, 5) is 1.34. The molecule has 1 N–H and O–H groups in total. The Morgan fingerprint density at radius 3 is 2.65 bits per heavy atom. The molecule has 0 amide bonds. The van der Waals surface area contributed by atoms with E-state index in [1.54, 1.807) is 11.3 Å². The highest BCUT2D eigenvalue weighted by atomic mass is 32.2. The van der Waals surface area contributed by atoms with Gasteiger partial charge in [-0.2, -0.15) is 0 Å². The van der Waals surface area contributed by atoms with Crippen molar-refractivity contribution in [2.24, 2.45) is 0 Å². The van der Waals surface area contributed by atoms with Crippen LogP contribution in [0.2, 0.25) is 0 Å². The van der Waals surface area contributed by atoms with E-state index in [0.29, 0.717) is 6.54 Å². The van der Waals surface area contributed by atoms with E-state index in [1.807, 2.05) is 6.92 Å². The van der Waals surface area contributed by atoms with Crippen LogP contribution in [0.4, 0.5) is 0 Å². The second kappa shape index (κ2) is 7.05. The van der Waals surface area contributed by atoms with Gasteiger partial charge in [-0.05, 0) is 30.7 Å². The molecule has 0 atom stereocenters. The lowest BCUT2D eigenvalue weighted by molar-refractivity contribution is 0.298. The molecule has 1 saturated carbocycles. The molecule has 2 rings (SSSR count). The molecular formula is C15H25NO2S2. The van der Waals surface area contributed by atoms with Crippen molar-refractivity contribution in [3.63, 3.8) is 0 Å². The first-order chi connectivity index (χ1) is 9.58. The van der Waals surface area contributed by atoms with Gasteiger partial charge in [0.05, 0.1) is 5.75 Å². The molecule has 0 radical (unpaired) electrons. The van der Waals surface area contributed by atoms with E-state index in [-0.39, 0.29) is 11.2 Å². The Balaban J connectivity index is 2.06. The maximum atomic E-state index is 12.0. The Hall–Kier alpha value is -0.390. The lowest BCUT2D eigenvalue weighted by atomic mass is 9.73. The predicted octanol–water partition coefficient (Wildman–Crippen LogP) is 3.67. The Morgan fingerprint density at radius 2 is 2.05 bits per heavy atom. The third-order valence-electron chi connectivity index (χ3n) is 4.25. The molecule has 5 heteroatoms. The van der Waals surface area contributed by atoms with Crippen molar-refractivity contribution in [3.8, 4) is 0 Å². The zero-order valence-corrected chi connectivity index (χ0v) is 13.9. The first kappa shape index (κ1) is 16.0. The number of nitrogens with one attached hydrogen (secondary N) is 1. The van der Waals surface area contributed by atoms with Crippen molar-refractivity contribution >= 4 is 21.4 Å². The quantitative estimate of drug-likeness (QED) is 0.834. The second-order valence-corrected chi connectivity index (χ2v) is 8.69. The Bertz CT molecular complexity index is 488. The van der Waals surface area contributed by atoms with E-state index < -0.39 is 10.0 Å². The van der Waals surface area contributed by atoms with Crippen LogP contribution in [0.5, 0.6) is 0 Å². The fourth-order valence-corrected chi connectivity index (χ4v) is 5.27. The predicted molar refractivity (Wildman–Crippen MR) is 85.8 cm³/mol. The summed E-state index contributed by atoms with van der Waals surface area (Å²) in [7, 11) is -3.12. The van der Waals surface area contributed by atoms with Gasteiger partial charge in [0.15, 0.2) is 0 Å². The van der Waals surface area contributed by atoms with E-state index in [1.165, 1.54) is 24.1 Å². The van der Waals surface area contributed by atoms with Crippen molar-refractivity contribution in [2.75, 3.05) is 12.3 Å². The van der Waals surface area contributed by atoms with Gasteiger partial charge in [-0.25, -0.2) is 13.1 Å². The van der Waals surface area contributed by atoms with Crippen molar-refractivity contribution in [2.45, 2.75) is 57.3 Å². The Kier molecular flexibility index (Phi) is 5.64. The topological polar surface area (TPSA) is 46.2 Å². The van der Waals surface area contributed by atoms with E-state index in [4.69, 9.17) is 0 Å². The molecule has 1 heterocycles. The van der Waals surface area contributed by atoms with E-state index in [2.05, 4.69) is 22.2 Å². The minimum Gasteiger partial charge on any atom is -0.214 e. The first-order valence-electron chi connectivity index (χ1n) is 7.59. The second-order valence-electron chi connectivity index (χ2n) is 5.81. The average molecular weight is 316 g/mol. The highest BCUT2D eigenvalue weighted by Gasteiger charge is 2.35. The van der Waals surface area contributed by atoms with Crippen LogP contribution < -0.4 is 4.72 Å². The third kappa shape index (κ3) is 4.06. The molecular weight excluding hydrogens is 290 g/mol. The molecule has 1 aliphatic rings. The van der Waals surface area contributed by atoms with Crippen LogP contribution in [0.15, 0.2) is 17.5 Å². The molecule has 20 heavy (non-hydrogen) atoms. The van der Waals surface area contributed by atoms with Gasteiger partial charge in [0.25, 0.3) is 0 Å².